The van der Waals surface area contributed by atoms with Crippen LogP contribution in [0.4, 0.5) is 0 Å². The molecule has 0 saturated carbocycles. The highest BCUT2D eigenvalue weighted by molar-refractivity contribution is 5.31. The number of aliphatic hydroxyl groups excluding tert-OH is 1. The summed E-state index contributed by atoms with van der Waals surface area (Å²) in [7, 11) is 0. The van der Waals surface area contributed by atoms with Gasteiger partial charge in [0.05, 0.1) is 24.6 Å². The highest BCUT2D eigenvalue weighted by atomic mass is 16.5. The molecule has 1 unspecified atom stereocenters. The predicted molar refractivity (Wildman–Crippen MR) is 69.6 cm³/mol. The van der Waals surface area contributed by atoms with Gasteiger partial charge in [-0.2, -0.15) is 10.4 Å². The van der Waals surface area contributed by atoms with Gasteiger partial charge >= 0.3 is 0 Å². The van der Waals surface area contributed by atoms with Gasteiger partial charge in [0, 0.05) is 18.4 Å². The van der Waals surface area contributed by atoms with Crippen molar-refractivity contribution in [1.29, 1.82) is 5.26 Å². The van der Waals surface area contributed by atoms with Gasteiger partial charge in [0.15, 0.2) is 6.10 Å². The molecule has 98 valence electrons. The van der Waals surface area contributed by atoms with Gasteiger partial charge in [-0.1, -0.05) is 18.2 Å². The van der Waals surface area contributed by atoms with E-state index in [4.69, 9.17) is 15.1 Å². The first-order valence-corrected chi connectivity index (χ1v) is 6.07. The summed E-state index contributed by atoms with van der Waals surface area (Å²) in [6.07, 6.45) is 3.27. The molecule has 0 aliphatic rings. The van der Waals surface area contributed by atoms with E-state index < -0.39 is 6.10 Å². The minimum atomic E-state index is -0.649. The molecule has 1 N–H and O–H groups in total. The number of nitriles is 1. The van der Waals surface area contributed by atoms with E-state index in [9.17, 15) is 0 Å². The molecule has 1 atom stereocenters. The maximum absolute atomic E-state index is 9.08. The summed E-state index contributed by atoms with van der Waals surface area (Å²) in [4.78, 5) is 0. The zero-order valence-corrected chi connectivity index (χ0v) is 10.4. The molecule has 1 aromatic heterocycles. The number of benzene rings is 1. The van der Waals surface area contributed by atoms with Crippen LogP contribution in [0.15, 0.2) is 42.7 Å². The molecule has 0 radical (unpaired) electrons. The molecule has 2 aromatic rings. The first-order valence-electron chi connectivity index (χ1n) is 6.07. The zero-order chi connectivity index (χ0) is 13.5. The van der Waals surface area contributed by atoms with Crippen molar-refractivity contribution in [3.63, 3.8) is 0 Å². The van der Waals surface area contributed by atoms with Crippen molar-refractivity contribution in [2.75, 3.05) is 13.2 Å². The topological polar surface area (TPSA) is 71.1 Å². The molecule has 5 nitrogen and oxygen atoms in total. The Labute approximate surface area is 111 Å². The zero-order valence-electron chi connectivity index (χ0n) is 10.4. The van der Waals surface area contributed by atoms with Gasteiger partial charge < -0.3 is 9.84 Å². The van der Waals surface area contributed by atoms with Crippen molar-refractivity contribution >= 4 is 0 Å². The number of para-hydroxylation sites is 1. The van der Waals surface area contributed by atoms with Crippen molar-refractivity contribution < 1.29 is 9.84 Å². The Morgan fingerprint density at radius 2 is 2.16 bits per heavy atom. The molecule has 0 aliphatic heterocycles. The van der Waals surface area contributed by atoms with E-state index in [0.29, 0.717) is 18.6 Å². The van der Waals surface area contributed by atoms with Gasteiger partial charge in [0.2, 0.25) is 0 Å². The Morgan fingerprint density at radius 1 is 1.37 bits per heavy atom. The number of ether oxygens (including phenoxy) is 1. The van der Waals surface area contributed by atoms with E-state index in [1.54, 1.807) is 17.1 Å². The van der Waals surface area contributed by atoms with E-state index >= 15 is 0 Å². The lowest BCUT2D eigenvalue weighted by atomic mass is 10.2. The van der Waals surface area contributed by atoms with Crippen LogP contribution in [0.3, 0.4) is 0 Å². The Hall–Kier alpha value is -2.16. The van der Waals surface area contributed by atoms with Crippen LogP contribution in [0.25, 0.3) is 5.69 Å². The Kier molecular flexibility index (Phi) is 4.67. The number of hydrogen-bond donors (Lipinski definition) is 1. The maximum Gasteiger partial charge on any atom is 0.172 e. The molecular formula is C14H15N3O2. The minimum Gasteiger partial charge on any atom is -0.396 e. The Bertz CT molecular complexity index is 545. The van der Waals surface area contributed by atoms with Crippen molar-refractivity contribution in [2.24, 2.45) is 0 Å². The van der Waals surface area contributed by atoms with Crippen LogP contribution in [0.2, 0.25) is 0 Å². The fraction of sp³-hybridized carbons (Fsp3) is 0.286. The molecule has 0 saturated heterocycles. The number of rotatable bonds is 6. The molecule has 1 heterocycles. The predicted octanol–water partition coefficient (Wildman–Crippen LogP) is 1.84. The summed E-state index contributed by atoms with van der Waals surface area (Å²) in [5, 5.41) is 22.0. The summed E-state index contributed by atoms with van der Waals surface area (Å²) in [6.45, 7) is 0.409. The van der Waals surface area contributed by atoms with Crippen LogP contribution in [-0.2, 0) is 4.74 Å². The highest BCUT2D eigenvalue weighted by Crippen LogP contribution is 2.17. The molecule has 0 bridgehead atoms. The van der Waals surface area contributed by atoms with E-state index in [1.807, 2.05) is 30.3 Å². The standard InChI is InChI=1S/C14H15N3O2/c15-9-14(19-8-4-7-18)12-10-16-17(11-12)13-5-2-1-3-6-13/h1-3,5-6,10-11,14,18H,4,7-8H2. The molecule has 2 rings (SSSR count). The second-order valence-electron chi connectivity index (χ2n) is 4.01. The fourth-order valence-electron chi connectivity index (χ4n) is 1.67. The molecule has 1 aromatic carbocycles. The number of nitrogens with zero attached hydrogens (tertiary/aromatic N) is 3. The summed E-state index contributed by atoms with van der Waals surface area (Å²) in [6, 6.07) is 11.7. The third-order valence-corrected chi connectivity index (χ3v) is 2.63. The van der Waals surface area contributed by atoms with E-state index in [1.165, 1.54) is 0 Å². The van der Waals surface area contributed by atoms with Gasteiger partial charge in [0.1, 0.15) is 0 Å². The Morgan fingerprint density at radius 3 is 2.84 bits per heavy atom. The molecule has 0 aliphatic carbocycles. The van der Waals surface area contributed by atoms with Crippen molar-refractivity contribution in [2.45, 2.75) is 12.5 Å². The third-order valence-electron chi connectivity index (χ3n) is 2.63. The molecule has 0 fully saturated rings. The minimum absolute atomic E-state index is 0.0570. The average Bonchev–Trinajstić information content (AvgIpc) is 2.94. The second-order valence-corrected chi connectivity index (χ2v) is 4.01. The quantitative estimate of drug-likeness (QED) is 0.801. The first-order chi connectivity index (χ1) is 9.35. The number of aliphatic hydroxyl groups is 1. The smallest absolute Gasteiger partial charge is 0.172 e. The Balaban J connectivity index is 2.09. The van der Waals surface area contributed by atoms with Crippen molar-refractivity contribution in [3.8, 4) is 11.8 Å². The molecule has 0 spiro atoms. The van der Waals surface area contributed by atoms with E-state index in [0.717, 1.165) is 5.69 Å². The lowest BCUT2D eigenvalue weighted by Gasteiger charge is -2.07. The van der Waals surface area contributed by atoms with Crippen molar-refractivity contribution in [3.05, 3.63) is 48.3 Å². The molecule has 19 heavy (non-hydrogen) atoms. The van der Waals surface area contributed by atoms with Crippen LogP contribution in [0.1, 0.15) is 18.1 Å². The van der Waals surface area contributed by atoms with Gasteiger partial charge in [0.25, 0.3) is 0 Å². The van der Waals surface area contributed by atoms with Crippen LogP contribution >= 0.6 is 0 Å². The van der Waals surface area contributed by atoms with Gasteiger partial charge in [-0.25, -0.2) is 4.68 Å². The highest BCUT2D eigenvalue weighted by Gasteiger charge is 2.13. The van der Waals surface area contributed by atoms with Crippen LogP contribution in [-0.4, -0.2) is 28.1 Å². The summed E-state index contributed by atoms with van der Waals surface area (Å²) >= 11 is 0. The van der Waals surface area contributed by atoms with E-state index in [-0.39, 0.29) is 6.61 Å². The van der Waals surface area contributed by atoms with Crippen LogP contribution < -0.4 is 0 Å². The number of aromatic nitrogens is 2. The lowest BCUT2D eigenvalue weighted by Crippen LogP contribution is -2.04. The largest absolute Gasteiger partial charge is 0.396 e. The first kappa shape index (κ1) is 13.3. The normalized spacial score (nSPS) is 12.0. The SMILES string of the molecule is N#CC(OCCCO)c1cnn(-c2ccccc2)c1. The summed E-state index contributed by atoms with van der Waals surface area (Å²) in [5.41, 5.74) is 1.64. The molecule has 0 amide bonds. The van der Waals surface area contributed by atoms with Gasteiger partial charge in [-0.3, -0.25) is 0 Å². The number of hydrogen-bond acceptors (Lipinski definition) is 4. The second kappa shape index (κ2) is 6.69. The maximum atomic E-state index is 9.08. The summed E-state index contributed by atoms with van der Waals surface area (Å²) in [5.74, 6) is 0. The average molecular weight is 257 g/mol. The molecule has 5 heteroatoms. The summed E-state index contributed by atoms with van der Waals surface area (Å²) < 4.78 is 7.10. The van der Waals surface area contributed by atoms with Crippen LogP contribution in [0.5, 0.6) is 0 Å². The van der Waals surface area contributed by atoms with Crippen LogP contribution in [0, 0.1) is 11.3 Å². The van der Waals surface area contributed by atoms with Crippen molar-refractivity contribution in [1.82, 2.24) is 9.78 Å². The van der Waals surface area contributed by atoms with Gasteiger partial charge in [-0.15, -0.1) is 0 Å². The fourth-order valence-corrected chi connectivity index (χ4v) is 1.67. The van der Waals surface area contributed by atoms with Gasteiger partial charge in [-0.05, 0) is 18.6 Å². The molecular weight excluding hydrogens is 242 g/mol. The lowest BCUT2D eigenvalue weighted by molar-refractivity contribution is 0.0774. The third kappa shape index (κ3) is 3.41. The van der Waals surface area contributed by atoms with E-state index in [2.05, 4.69) is 11.2 Å². The monoisotopic (exact) mass is 257 g/mol.